The summed E-state index contributed by atoms with van der Waals surface area (Å²) in [5, 5.41) is 28.2. The largest absolute Gasteiger partial charge is 0.505 e. The number of rotatable bonds is 11. The molecule has 0 radical (unpaired) electrons. The van der Waals surface area contributed by atoms with Crippen LogP contribution >= 0.6 is 87.7 Å². The van der Waals surface area contributed by atoms with Crippen LogP contribution in [0.1, 0.15) is 82.6 Å². The summed E-state index contributed by atoms with van der Waals surface area (Å²) in [6.45, 7) is 11.2. The highest BCUT2D eigenvalue weighted by Crippen LogP contribution is 2.33. The van der Waals surface area contributed by atoms with Crippen molar-refractivity contribution in [2.45, 2.75) is 77.7 Å². The first-order chi connectivity index (χ1) is 51.3. The molecule has 15 rings (SSSR count). The van der Waals surface area contributed by atoms with Gasteiger partial charge in [-0.05, 0) is 146 Å². The molecule has 3 saturated heterocycles. The van der Waals surface area contributed by atoms with E-state index in [1.165, 1.54) is 19.4 Å². The summed E-state index contributed by atoms with van der Waals surface area (Å²) >= 11 is 18.9. The van der Waals surface area contributed by atoms with Gasteiger partial charge in [0, 0.05) is 104 Å². The Labute approximate surface area is 656 Å². The molecule has 0 bridgehead atoms. The number of carbonyl (C=O) groups is 3. The van der Waals surface area contributed by atoms with Crippen LogP contribution in [0.15, 0.2) is 158 Å². The standard InChI is InChI=1S/C23H22BN3O4.2C12H10BrFN2O.C8H5Br2FO.C5H9NOS.C5H9NO.C5H8O2.C5H8OS/c1-31-23(28)19-13-25-22(21-18(19)12-20(26-21)24(29)30)27(14-16-8-4-2-5-9-16)15-17-10-6-3-7-11-17;13-9-4-1-3-8(11(9)14)10-7-16-5-2-6-17-12(16)15-10;13-9-3-1-2-8(12(9)14)10-6-16-4-5-17-7-11(16)15-10;9-4-7(12)5-2-1-3-6(10)8(5)11;1-8-5-4-7-3-2-6-5;2*6-5-2-1-3-7-4-5;7-5-2-1-3-6-4-5/h2-13,26,29-30H,14-15H2,1H3;1,3-4,7H,2,5-6H2;1-3,6H,4-5,7H2;1-3H,4H2;2-4H2,1H3;6H,1-4H2;2*1-4H2. The van der Waals surface area contributed by atoms with Gasteiger partial charge in [0.15, 0.2) is 17.4 Å². The number of Topliss-reactive ketones (excluding diaryl/α,β-unsaturated/α-hetero) is 2. The fraction of sp³-hybridized carbons (Fsp3) is 0.347. The van der Waals surface area contributed by atoms with Gasteiger partial charge in [0.05, 0.1) is 105 Å². The Balaban J connectivity index is 0.000000163. The maximum absolute atomic E-state index is 13.9. The molecule has 0 amide bonds. The lowest BCUT2D eigenvalue weighted by Gasteiger charge is -2.25. The van der Waals surface area contributed by atoms with Crippen LogP contribution in [0.25, 0.3) is 33.4 Å². The lowest BCUT2D eigenvalue weighted by Crippen LogP contribution is -2.30. The molecule has 0 aliphatic carbocycles. The van der Waals surface area contributed by atoms with Gasteiger partial charge in [-0.2, -0.15) is 4.98 Å². The number of benzene rings is 5. The number of nitrogens with one attached hydrogen (secondary N) is 2. The lowest BCUT2D eigenvalue weighted by molar-refractivity contribution is -0.126. The third-order valence-corrected chi connectivity index (χ3v) is 19.4. The molecule has 106 heavy (non-hydrogen) atoms. The Morgan fingerprint density at radius 3 is 1.75 bits per heavy atom. The van der Waals surface area contributed by atoms with Crippen molar-refractivity contribution < 1.29 is 70.8 Å². The van der Waals surface area contributed by atoms with Gasteiger partial charge < -0.3 is 67.6 Å². The summed E-state index contributed by atoms with van der Waals surface area (Å²) in [7, 11) is -0.407. The number of aromatic nitrogens is 6. The van der Waals surface area contributed by atoms with Gasteiger partial charge in [0.2, 0.25) is 0 Å². The van der Waals surface area contributed by atoms with E-state index in [4.69, 9.17) is 50.8 Å². The van der Waals surface area contributed by atoms with Crippen molar-refractivity contribution in [1.29, 1.82) is 5.41 Å². The molecule has 4 N–H and O–H groups in total. The van der Waals surface area contributed by atoms with Crippen LogP contribution in [0.2, 0.25) is 0 Å². The molecular formula is C75H81BBr4F3N9O12S2. The van der Waals surface area contributed by atoms with Crippen molar-refractivity contribution in [1.82, 2.24) is 29.1 Å². The minimum absolute atomic E-state index is 0.112. The number of hydrogen-bond acceptors (Lipinski definition) is 20. The SMILES string of the molecule is COC(=O)c1cnc(N(Cc2ccccc2)Cc2ccccc2)c2[nH]c(B(O)O)cc12.CSC1=NCCOC1.Fc1c(Br)cccc1-c1cn2c(n1)COCC2.Fc1c(Br)cccc1-c1cn2c(n1)OCCC2.N=C1CCCOC1.O=C(CBr)c1cccc(Br)c1F.O=C1CCCOC1.S=C1CCCOC1. The van der Waals surface area contributed by atoms with Gasteiger partial charge in [0.25, 0.3) is 6.01 Å². The highest BCUT2D eigenvalue weighted by atomic mass is 79.9. The van der Waals surface area contributed by atoms with Crippen molar-refractivity contribution in [2.75, 3.05) is 96.2 Å². The lowest BCUT2D eigenvalue weighted by atomic mass is 9.86. The summed E-state index contributed by atoms with van der Waals surface area (Å²) < 4.78 is 81.7. The molecule has 6 aliphatic heterocycles. The molecule has 562 valence electrons. The second-order valence-electron chi connectivity index (χ2n) is 23.8. The van der Waals surface area contributed by atoms with E-state index in [-0.39, 0.29) is 45.3 Å². The summed E-state index contributed by atoms with van der Waals surface area (Å²) in [5.41, 5.74) is 6.29. The third kappa shape index (κ3) is 26.3. The van der Waals surface area contributed by atoms with Crippen LogP contribution in [0, 0.1) is 22.9 Å². The number of thioether (sulfide) groups is 1. The number of ketones is 2. The molecule has 0 atom stereocenters. The molecule has 0 spiro atoms. The first-order valence-electron chi connectivity index (χ1n) is 33.9. The Morgan fingerprint density at radius 2 is 1.26 bits per heavy atom. The summed E-state index contributed by atoms with van der Waals surface area (Å²) in [6.07, 6.45) is 14.0. The zero-order valence-corrected chi connectivity index (χ0v) is 66.4. The van der Waals surface area contributed by atoms with Crippen LogP contribution in [0.5, 0.6) is 6.01 Å². The van der Waals surface area contributed by atoms with Crippen LogP contribution in [0.4, 0.5) is 19.0 Å². The van der Waals surface area contributed by atoms with E-state index >= 15 is 0 Å². The van der Waals surface area contributed by atoms with Crippen molar-refractivity contribution >= 4 is 150 Å². The van der Waals surface area contributed by atoms with Crippen molar-refractivity contribution in [2.24, 2.45) is 4.99 Å². The van der Waals surface area contributed by atoms with Gasteiger partial charge in [-0.3, -0.25) is 14.6 Å². The highest BCUT2D eigenvalue weighted by Gasteiger charge is 2.25. The Hall–Kier alpha value is -7.11. The number of nitrogens with zero attached hydrogens (tertiary/aromatic N) is 7. The number of alkyl halides is 1. The number of thiocarbonyl (C=S) groups is 1. The van der Waals surface area contributed by atoms with E-state index < -0.39 is 18.9 Å². The summed E-state index contributed by atoms with van der Waals surface area (Å²) in [6, 6.07) is 37.2. The van der Waals surface area contributed by atoms with Crippen LogP contribution in [-0.2, 0) is 66.0 Å². The third-order valence-electron chi connectivity index (χ3n) is 16.0. The highest BCUT2D eigenvalue weighted by molar-refractivity contribution is 9.11. The number of pyridine rings is 1. The average molecular weight is 1750 g/mol. The number of methoxy groups -OCH3 is 1. The van der Waals surface area contributed by atoms with Gasteiger partial charge in [-0.1, -0.05) is 107 Å². The number of aryl methyl sites for hydroxylation is 1. The second-order valence-corrected chi connectivity index (χ2v) is 28.4. The van der Waals surface area contributed by atoms with Crippen LogP contribution in [-0.4, -0.2) is 171 Å². The first-order valence-corrected chi connectivity index (χ1v) is 39.0. The smallest absolute Gasteiger partial charge is 0.465 e. The van der Waals surface area contributed by atoms with E-state index in [0.717, 1.165) is 137 Å². The zero-order valence-electron chi connectivity index (χ0n) is 58.4. The quantitative estimate of drug-likeness (QED) is 0.0308. The maximum Gasteiger partial charge on any atom is 0.505 e. The van der Waals surface area contributed by atoms with Crippen molar-refractivity contribution in [3.8, 4) is 28.5 Å². The number of anilines is 1. The van der Waals surface area contributed by atoms with Crippen molar-refractivity contribution in [3.05, 3.63) is 199 Å². The first kappa shape index (κ1) is 84.5. The number of carbonyl (C=O) groups excluding carboxylic acids is 3. The predicted molar refractivity (Wildman–Crippen MR) is 425 cm³/mol. The van der Waals surface area contributed by atoms with E-state index in [0.29, 0.717) is 105 Å². The van der Waals surface area contributed by atoms with Crippen LogP contribution in [0.3, 0.4) is 0 Å². The summed E-state index contributed by atoms with van der Waals surface area (Å²) in [4.78, 5) is 57.3. The molecule has 6 aliphatic rings. The van der Waals surface area contributed by atoms with Gasteiger partial charge in [-0.15, -0.1) is 11.8 Å². The number of aliphatic imine (C=N–C) groups is 1. The minimum atomic E-state index is -1.71. The summed E-state index contributed by atoms with van der Waals surface area (Å²) in [5.74, 6) is -0.165. The number of aromatic amines is 1. The molecule has 0 unspecified atom stereocenters. The number of halogens is 7. The molecule has 0 saturated carbocycles. The van der Waals surface area contributed by atoms with E-state index in [1.54, 1.807) is 66.4 Å². The topological polar surface area (TPSA) is 260 Å². The normalized spacial score (nSPS) is 14.9. The monoisotopic (exact) mass is 1750 g/mol. The minimum Gasteiger partial charge on any atom is -0.465 e. The van der Waals surface area contributed by atoms with E-state index in [9.17, 15) is 37.6 Å². The molecule has 3 fully saturated rings. The fourth-order valence-electron chi connectivity index (χ4n) is 10.7. The Kier molecular flexibility index (Phi) is 35.9. The number of hydrogen-bond donors (Lipinski definition) is 4. The molecule has 10 heterocycles. The van der Waals surface area contributed by atoms with Gasteiger partial charge in [0.1, 0.15) is 36.5 Å². The molecular weight excluding hydrogens is 1670 g/mol. The Bertz CT molecular complexity index is 4130. The maximum atomic E-state index is 13.9. The molecule has 5 aromatic carbocycles. The number of imidazole rings is 2. The van der Waals surface area contributed by atoms with E-state index in [1.807, 2.05) is 88.4 Å². The number of H-pyrrole nitrogens is 1. The number of fused-ring (bicyclic) bond motifs is 3. The molecule has 31 heteroatoms. The number of ether oxygens (including phenoxy) is 7. The molecule has 4 aromatic heterocycles. The Morgan fingerprint density at radius 1 is 0.679 bits per heavy atom. The second kappa shape index (κ2) is 45.0. The van der Waals surface area contributed by atoms with Crippen LogP contribution < -0.4 is 15.2 Å². The molecule has 21 nitrogen and oxygen atoms in total. The fourth-order valence-corrected chi connectivity index (χ4v) is 12.7. The van der Waals surface area contributed by atoms with Gasteiger partial charge >= 0.3 is 13.1 Å². The van der Waals surface area contributed by atoms with Gasteiger partial charge in [-0.25, -0.2) is 27.9 Å². The molecule has 9 aromatic rings. The number of esters is 1. The van der Waals surface area contributed by atoms with E-state index in [2.05, 4.69) is 93.5 Å². The van der Waals surface area contributed by atoms with Crippen molar-refractivity contribution in [3.63, 3.8) is 0 Å². The zero-order chi connectivity index (χ0) is 75.7. The predicted octanol–water partition coefficient (Wildman–Crippen LogP) is 14.7. The average Bonchev–Trinajstić information content (AvgIpc) is 1.60.